The number of carbonyl (C=O) groups excluding carboxylic acids is 1. The average Bonchev–Trinajstić information content (AvgIpc) is 2.98. The van der Waals surface area contributed by atoms with Crippen molar-refractivity contribution in [3.8, 4) is 0 Å². The Bertz CT molecular complexity index is 470. The van der Waals surface area contributed by atoms with Gasteiger partial charge in [0.25, 0.3) is 5.91 Å². The fourth-order valence-electron chi connectivity index (χ4n) is 3.06. The molecule has 1 aliphatic heterocycles. The van der Waals surface area contributed by atoms with Gasteiger partial charge in [0.05, 0.1) is 22.4 Å². The van der Waals surface area contributed by atoms with Crippen LogP contribution < -0.4 is 5.32 Å². The predicted molar refractivity (Wildman–Crippen MR) is 91.9 cm³/mol. The van der Waals surface area contributed by atoms with E-state index in [1.54, 1.807) is 12.1 Å². The molecule has 124 valence electrons. The van der Waals surface area contributed by atoms with Crippen molar-refractivity contribution in [1.29, 1.82) is 0 Å². The Hall–Kier alpha value is -0.620. The molecular weight excluding hydrogens is 320 g/mol. The molecule has 0 aromatic carbocycles. The van der Waals surface area contributed by atoms with Gasteiger partial charge in [-0.2, -0.15) is 0 Å². The zero-order valence-corrected chi connectivity index (χ0v) is 14.9. The van der Waals surface area contributed by atoms with E-state index < -0.39 is 0 Å². The van der Waals surface area contributed by atoms with Gasteiger partial charge in [-0.25, -0.2) is 0 Å². The maximum Gasteiger partial charge on any atom is 0.261 e. The molecule has 0 bridgehead atoms. The first-order valence-corrected chi connectivity index (χ1v) is 9.20. The molecule has 1 amide bonds. The number of carbonyl (C=O) groups is 1. The van der Waals surface area contributed by atoms with Crippen LogP contribution in [0.15, 0.2) is 12.1 Å². The van der Waals surface area contributed by atoms with Gasteiger partial charge in [-0.05, 0) is 18.1 Å². The number of hydrogen-bond donors (Lipinski definition) is 1. The number of rotatable bonds is 7. The molecular formula is C16H25ClN2O2S. The zero-order valence-electron chi connectivity index (χ0n) is 13.3. The highest BCUT2D eigenvalue weighted by Crippen LogP contribution is 2.22. The van der Waals surface area contributed by atoms with Crippen LogP contribution in [-0.2, 0) is 4.74 Å². The van der Waals surface area contributed by atoms with Crippen LogP contribution in [0.5, 0.6) is 0 Å². The highest BCUT2D eigenvalue weighted by atomic mass is 35.5. The van der Waals surface area contributed by atoms with E-state index in [1.807, 2.05) is 0 Å². The predicted octanol–water partition coefficient (Wildman–Crippen LogP) is 3.27. The van der Waals surface area contributed by atoms with Gasteiger partial charge in [-0.15, -0.1) is 11.3 Å². The number of hydrogen-bond acceptors (Lipinski definition) is 4. The lowest BCUT2D eigenvalue weighted by Crippen LogP contribution is -2.52. The molecule has 1 unspecified atom stereocenters. The second-order valence-electron chi connectivity index (χ2n) is 5.61. The van der Waals surface area contributed by atoms with Crippen molar-refractivity contribution in [2.24, 2.45) is 5.92 Å². The molecule has 6 heteroatoms. The lowest BCUT2D eigenvalue weighted by molar-refractivity contribution is 0.00192. The van der Waals surface area contributed by atoms with Gasteiger partial charge >= 0.3 is 0 Å². The molecule has 0 spiro atoms. The van der Waals surface area contributed by atoms with E-state index in [2.05, 4.69) is 24.1 Å². The monoisotopic (exact) mass is 344 g/mol. The number of nitrogens with zero attached hydrogens (tertiary/aromatic N) is 1. The summed E-state index contributed by atoms with van der Waals surface area (Å²) in [4.78, 5) is 15.4. The first kappa shape index (κ1) is 17.7. The van der Waals surface area contributed by atoms with E-state index in [-0.39, 0.29) is 5.91 Å². The average molecular weight is 345 g/mol. The third kappa shape index (κ3) is 4.69. The summed E-state index contributed by atoms with van der Waals surface area (Å²) in [6, 6.07) is 3.92. The summed E-state index contributed by atoms with van der Waals surface area (Å²) >= 11 is 7.22. The minimum atomic E-state index is -0.0267. The van der Waals surface area contributed by atoms with E-state index in [0.29, 0.717) is 27.7 Å². The minimum absolute atomic E-state index is 0.0267. The van der Waals surface area contributed by atoms with Crippen LogP contribution in [0.3, 0.4) is 0 Å². The van der Waals surface area contributed by atoms with Crippen molar-refractivity contribution in [2.75, 3.05) is 32.8 Å². The Morgan fingerprint density at radius 2 is 2.05 bits per heavy atom. The Morgan fingerprint density at radius 1 is 1.36 bits per heavy atom. The summed E-state index contributed by atoms with van der Waals surface area (Å²) in [7, 11) is 0. The normalized spacial score (nSPS) is 17.6. The molecule has 0 aliphatic carbocycles. The van der Waals surface area contributed by atoms with Gasteiger partial charge in [0.1, 0.15) is 0 Å². The molecule has 1 saturated heterocycles. The summed E-state index contributed by atoms with van der Waals surface area (Å²) < 4.78 is 6.10. The topological polar surface area (TPSA) is 41.6 Å². The van der Waals surface area contributed by atoms with Crippen LogP contribution in [0.2, 0.25) is 4.34 Å². The lowest BCUT2D eigenvalue weighted by atomic mass is 9.92. The van der Waals surface area contributed by atoms with Gasteiger partial charge in [0, 0.05) is 25.7 Å². The molecule has 0 saturated carbocycles. The van der Waals surface area contributed by atoms with E-state index in [9.17, 15) is 4.79 Å². The summed E-state index contributed by atoms with van der Waals surface area (Å²) in [6.45, 7) is 8.59. The summed E-state index contributed by atoms with van der Waals surface area (Å²) in [5.74, 6) is 0.562. The molecule has 1 N–H and O–H groups in total. The van der Waals surface area contributed by atoms with Crippen LogP contribution in [-0.4, -0.2) is 49.7 Å². The largest absolute Gasteiger partial charge is 0.379 e. The number of nitrogens with one attached hydrogen (secondary N) is 1. The molecule has 1 atom stereocenters. The molecule has 0 radical (unpaired) electrons. The van der Waals surface area contributed by atoms with E-state index in [0.717, 1.165) is 39.1 Å². The maximum absolute atomic E-state index is 12.2. The second-order valence-corrected chi connectivity index (χ2v) is 7.32. The fourth-order valence-corrected chi connectivity index (χ4v) is 4.02. The summed E-state index contributed by atoms with van der Waals surface area (Å²) in [5.41, 5.74) is 0. The molecule has 1 aromatic rings. The van der Waals surface area contributed by atoms with Gasteiger partial charge in [0.15, 0.2) is 0 Å². The van der Waals surface area contributed by atoms with Crippen molar-refractivity contribution < 1.29 is 9.53 Å². The molecule has 4 nitrogen and oxygen atoms in total. The highest BCUT2D eigenvalue weighted by molar-refractivity contribution is 7.17. The van der Waals surface area contributed by atoms with Crippen LogP contribution in [0.1, 0.15) is 36.4 Å². The van der Waals surface area contributed by atoms with Crippen molar-refractivity contribution in [3.63, 3.8) is 0 Å². The first-order chi connectivity index (χ1) is 10.7. The lowest BCUT2D eigenvalue weighted by Gasteiger charge is -2.38. The van der Waals surface area contributed by atoms with E-state index in [1.165, 1.54) is 11.3 Å². The number of amides is 1. The van der Waals surface area contributed by atoms with Crippen molar-refractivity contribution in [2.45, 2.75) is 32.7 Å². The Balaban J connectivity index is 1.97. The van der Waals surface area contributed by atoms with Gasteiger partial charge in [0.2, 0.25) is 0 Å². The minimum Gasteiger partial charge on any atom is -0.379 e. The Kier molecular flexibility index (Phi) is 7.15. The fraction of sp³-hybridized carbons (Fsp3) is 0.688. The van der Waals surface area contributed by atoms with Crippen molar-refractivity contribution >= 4 is 28.8 Å². The SMILES string of the molecule is CCC(CC)C(CNC(=O)c1ccc(Cl)s1)N1CCOCC1. The number of morpholine rings is 1. The van der Waals surface area contributed by atoms with Crippen molar-refractivity contribution in [1.82, 2.24) is 10.2 Å². The van der Waals surface area contributed by atoms with Crippen molar-refractivity contribution in [3.05, 3.63) is 21.3 Å². The summed E-state index contributed by atoms with van der Waals surface area (Å²) in [6.07, 6.45) is 2.25. The smallest absolute Gasteiger partial charge is 0.261 e. The molecule has 1 fully saturated rings. The Labute approximate surface area is 141 Å². The maximum atomic E-state index is 12.2. The van der Waals surface area contributed by atoms with Crippen LogP contribution in [0.25, 0.3) is 0 Å². The third-order valence-electron chi connectivity index (χ3n) is 4.38. The third-order valence-corrected chi connectivity index (χ3v) is 5.61. The van der Waals surface area contributed by atoms with Crippen LogP contribution in [0, 0.1) is 5.92 Å². The number of ether oxygens (including phenoxy) is 1. The summed E-state index contributed by atoms with van der Waals surface area (Å²) in [5, 5.41) is 3.09. The van der Waals surface area contributed by atoms with Gasteiger partial charge in [-0.3, -0.25) is 9.69 Å². The first-order valence-electron chi connectivity index (χ1n) is 8.01. The van der Waals surface area contributed by atoms with Crippen LogP contribution >= 0.6 is 22.9 Å². The molecule has 2 rings (SSSR count). The zero-order chi connectivity index (χ0) is 15.9. The number of thiophene rings is 1. The van der Waals surface area contributed by atoms with E-state index >= 15 is 0 Å². The van der Waals surface area contributed by atoms with E-state index in [4.69, 9.17) is 16.3 Å². The molecule has 2 heterocycles. The van der Waals surface area contributed by atoms with Gasteiger partial charge < -0.3 is 10.1 Å². The molecule has 22 heavy (non-hydrogen) atoms. The highest BCUT2D eigenvalue weighted by Gasteiger charge is 2.27. The van der Waals surface area contributed by atoms with Gasteiger partial charge in [-0.1, -0.05) is 38.3 Å². The number of halogens is 1. The standard InChI is InChI=1S/C16H25ClN2O2S/c1-3-12(4-2)13(19-7-9-21-10-8-19)11-18-16(20)14-5-6-15(17)22-14/h5-6,12-13H,3-4,7-11H2,1-2H3,(H,18,20). The van der Waals surface area contributed by atoms with Crippen LogP contribution in [0.4, 0.5) is 0 Å². The second kappa shape index (κ2) is 8.87. The molecule has 1 aliphatic rings. The quantitative estimate of drug-likeness (QED) is 0.825. The molecule has 1 aromatic heterocycles. The Morgan fingerprint density at radius 3 is 2.59 bits per heavy atom.